The molecule has 0 amide bonds. The van der Waals surface area contributed by atoms with E-state index in [0.29, 0.717) is 5.16 Å². The normalized spacial score (nSPS) is 13.0. The van der Waals surface area contributed by atoms with Gasteiger partial charge in [0.15, 0.2) is 5.16 Å². The molecule has 3 rings (SSSR count). The van der Waals surface area contributed by atoms with Crippen molar-refractivity contribution in [3.63, 3.8) is 0 Å². The number of nitriles is 1. The lowest BCUT2D eigenvalue weighted by molar-refractivity contribution is 0.739. The molecule has 1 aliphatic heterocycles. The largest absolute Gasteiger partial charge is 0.272 e. The summed E-state index contributed by atoms with van der Waals surface area (Å²) in [5.41, 5.74) is 3.89. The second kappa shape index (κ2) is 6.19. The molecule has 0 unspecified atom stereocenters. The van der Waals surface area contributed by atoms with Crippen molar-refractivity contribution in [1.29, 1.82) is 5.26 Å². The molecule has 0 radical (unpaired) electrons. The average molecular weight is 329 g/mol. The van der Waals surface area contributed by atoms with Crippen molar-refractivity contribution in [1.82, 2.24) is 9.55 Å². The van der Waals surface area contributed by atoms with Crippen LogP contribution in [0, 0.1) is 25.2 Å². The monoisotopic (exact) mass is 329 g/mol. The zero-order valence-electron chi connectivity index (χ0n) is 12.4. The highest BCUT2D eigenvalue weighted by Crippen LogP contribution is 2.30. The van der Waals surface area contributed by atoms with E-state index in [1.54, 1.807) is 16.3 Å². The first-order valence-corrected chi connectivity index (χ1v) is 8.94. The van der Waals surface area contributed by atoms with Gasteiger partial charge in [0.2, 0.25) is 0 Å². The van der Waals surface area contributed by atoms with Crippen LogP contribution in [-0.2, 0) is 6.42 Å². The number of aromatic nitrogens is 2. The van der Waals surface area contributed by atoms with E-state index in [4.69, 9.17) is 5.26 Å². The smallest absolute Gasteiger partial charge is 0.268 e. The first kappa shape index (κ1) is 15.2. The minimum atomic E-state index is -0.0158. The van der Waals surface area contributed by atoms with Crippen LogP contribution in [-0.4, -0.2) is 21.1 Å². The first-order valence-electron chi connectivity index (χ1n) is 6.97. The molecule has 1 aromatic heterocycles. The molecule has 0 N–H and O–H groups in total. The van der Waals surface area contributed by atoms with E-state index in [9.17, 15) is 4.79 Å². The van der Waals surface area contributed by atoms with Crippen molar-refractivity contribution >= 4 is 23.5 Å². The van der Waals surface area contributed by atoms with Gasteiger partial charge in [-0.05, 0) is 37.1 Å². The molecule has 0 aliphatic carbocycles. The summed E-state index contributed by atoms with van der Waals surface area (Å²) in [6.07, 6.45) is 0.822. The van der Waals surface area contributed by atoms with Crippen LogP contribution < -0.4 is 5.56 Å². The van der Waals surface area contributed by atoms with Crippen LogP contribution in [0.5, 0.6) is 0 Å². The summed E-state index contributed by atoms with van der Waals surface area (Å²) < 4.78 is 1.65. The van der Waals surface area contributed by atoms with E-state index in [-0.39, 0.29) is 11.3 Å². The second-order valence-electron chi connectivity index (χ2n) is 5.20. The van der Waals surface area contributed by atoms with Crippen molar-refractivity contribution in [3.05, 3.63) is 45.4 Å². The zero-order chi connectivity index (χ0) is 15.7. The van der Waals surface area contributed by atoms with Gasteiger partial charge in [0.25, 0.3) is 5.56 Å². The number of hydrogen-bond donors (Lipinski definition) is 0. The highest BCUT2D eigenvalue weighted by molar-refractivity contribution is 7.99. The predicted octanol–water partition coefficient (Wildman–Crippen LogP) is 3.11. The third kappa shape index (κ3) is 2.79. The number of thioether (sulfide) groups is 2. The minimum Gasteiger partial charge on any atom is -0.268 e. The summed E-state index contributed by atoms with van der Waals surface area (Å²) >= 11 is 2.89. The third-order valence-electron chi connectivity index (χ3n) is 3.40. The Labute approximate surface area is 137 Å². The van der Waals surface area contributed by atoms with Gasteiger partial charge in [0.1, 0.15) is 0 Å². The fourth-order valence-corrected chi connectivity index (χ4v) is 4.31. The van der Waals surface area contributed by atoms with Crippen molar-refractivity contribution < 1.29 is 0 Å². The maximum absolute atomic E-state index is 12.9. The molecule has 2 aromatic rings. The van der Waals surface area contributed by atoms with Crippen molar-refractivity contribution in [2.24, 2.45) is 0 Å². The van der Waals surface area contributed by atoms with Crippen LogP contribution in [0.3, 0.4) is 0 Å². The maximum atomic E-state index is 12.9. The molecule has 112 valence electrons. The predicted molar refractivity (Wildman–Crippen MR) is 90.1 cm³/mol. The van der Waals surface area contributed by atoms with Crippen LogP contribution in [0.4, 0.5) is 0 Å². The summed E-state index contributed by atoms with van der Waals surface area (Å²) in [4.78, 5) is 18.3. The van der Waals surface area contributed by atoms with Gasteiger partial charge in [-0.15, -0.1) is 11.8 Å². The maximum Gasteiger partial charge on any atom is 0.272 e. The SMILES string of the molecule is Cc1cc(C)cc(-n2c(SCC#N)nc3c(c2=O)SCC3)c1. The Kier molecular flexibility index (Phi) is 4.27. The van der Waals surface area contributed by atoms with Crippen LogP contribution in [0.15, 0.2) is 33.0 Å². The van der Waals surface area contributed by atoms with Crippen LogP contribution in [0.25, 0.3) is 5.69 Å². The molecule has 22 heavy (non-hydrogen) atoms. The Hall–Kier alpha value is -1.71. The first-order chi connectivity index (χ1) is 10.6. The lowest BCUT2D eigenvalue weighted by Crippen LogP contribution is -2.24. The highest BCUT2D eigenvalue weighted by atomic mass is 32.2. The number of aryl methyl sites for hydroxylation is 3. The fraction of sp³-hybridized carbons (Fsp3) is 0.312. The van der Waals surface area contributed by atoms with Gasteiger partial charge >= 0.3 is 0 Å². The van der Waals surface area contributed by atoms with Crippen LogP contribution in [0.1, 0.15) is 16.8 Å². The molecule has 4 nitrogen and oxygen atoms in total. The summed E-state index contributed by atoms with van der Waals surface area (Å²) in [5, 5.41) is 9.46. The second-order valence-corrected chi connectivity index (χ2v) is 7.25. The average Bonchev–Trinajstić information content (AvgIpc) is 2.92. The molecule has 2 heterocycles. The topological polar surface area (TPSA) is 58.7 Å². The summed E-state index contributed by atoms with van der Waals surface area (Å²) in [7, 11) is 0. The number of rotatable bonds is 3. The Morgan fingerprint density at radius 3 is 2.77 bits per heavy atom. The summed E-state index contributed by atoms with van der Waals surface area (Å²) in [6, 6.07) is 8.15. The van der Waals surface area contributed by atoms with Crippen LogP contribution >= 0.6 is 23.5 Å². The summed E-state index contributed by atoms with van der Waals surface area (Å²) in [6.45, 7) is 4.03. The number of fused-ring (bicyclic) bond motifs is 1. The number of hydrogen-bond acceptors (Lipinski definition) is 5. The molecule has 0 bridgehead atoms. The zero-order valence-corrected chi connectivity index (χ0v) is 14.1. The lowest BCUT2D eigenvalue weighted by atomic mass is 10.1. The molecule has 0 saturated heterocycles. The van der Waals surface area contributed by atoms with Gasteiger partial charge in [-0.1, -0.05) is 17.8 Å². The third-order valence-corrected chi connectivity index (χ3v) is 5.31. The molecule has 1 aliphatic rings. The fourth-order valence-electron chi connectivity index (χ4n) is 2.59. The minimum absolute atomic E-state index is 0.0158. The van der Waals surface area contributed by atoms with Gasteiger partial charge in [-0.25, -0.2) is 4.98 Å². The number of nitrogens with zero attached hydrogens (tertiary/aromatic N) is 3. The summed E-state index contributed by atoms with van der Waals surface area (Å²) in [5.74, 6) is 1.18. The lowest BCUT2D eigenvalue weighted by Gasteiger charge is -2.14. The van der Waals surface area contributed by atoms with Gasteiger partial charge in [-0.2, -0.15) is 5.26 Å². The van der Waals surface area contributed by atoms with Crippen molar-refractivity contribution in [3.8, 4) is 11.8 Å². The Balaban J connectivity index is 2.24. The van der Waals surface area contributed by atoms with Gasteiger partial charge in [0.05, 0.1) is 28.1 Å². The quantitative estimate of drug-likeness (QED) is 0.640. The van der Waals surface area contributed by atoms with E-state index in [1.807, 2.05) is 26.0 Å². The molecule has 0 fully saturated rings. The highest BCUT2D eigenvalue weighted by Gasteiger charge is 2.22. The van der Waals surface area contributed by atoms with Gasteiger partial charge < -0.3 is 0 Å². The molecule has 0 atom stereocenters. The van der Waals surface area contributed by atoms with Gasteiger partial charge in [-0.3, -0.25) is 9.36 Å². The molecule has 1 aromatic carbocycles. The van der Waals surface area contributed by atoms with E-state index < -0.39 is 0 Å². The van der Waals surface area contributed by atoms with E-state index in [1.165, 1.54) is 11.8 Å². The van der Waals surface area contributed by atoms with Crippen molar-refractivity contribution in [2.75, 3.05) is 11.5 Å². The van der Waals surface area contributed by atoms with E-state index in [2.05, 4.69) is 17.1 Å². The van der Waals surface area contributed by atoms with Crippen LogP contribution in [0.2, 0.25) is 0 Å². The van der Waals surface area contributed by atoms with E-state index >= 15 is 0 Å². The van der Waals surface area contributed by atoms with Crippen molar-refractivity contribution in [2.45, 2.75) is 30.3 Å². The molecule has 6 heteroatoms. The molecule has 0 spiro atoms. The standard InChI is InChI=1S/C16H15N3OS2/c1-10-7-11(2)9-12(8-10)19-15(20)14-13(3-5-21-14)18-16(19)22-6-4-17/h7-9H,3,5-6H2,1-2H3. The Morgan fingerprint density at radius 1 is 1.36 bits per heavy atom. The molecule has 0 saturated carbocycles. The van der Waals surface area contributed by atoms with E-state index in [0.717, 1.165) is 39.6 Å². The Bertz CT molecular complexity index is 816. The van der Waals surface area contributed by atoms with Gasteiger partial charge in [0, 0.05) is 12.2 Å². The molecular weight excluding hydrogens is 314 g/mol. The molecular formula is C16H15N3OS2. The number of benzene rings is 1. The Morgan fingerprint density at radius 2 is 2.09 bits per heavy atom.